The van der Waals surface area contributed by atoms with E-state index in [1.165, 1.54) is 54.5 Å². The molecule has 2 aliphatic carbocycles. The molecule has 1 fully saturated rings. The van der Waals surface area contributed by atoms with Gasteiger partial charge < -0.3 is 5.32 Å². The van der Waals surface area contributed by atoms with Gasteiger partial charge in [0.05, 0.1) is 5.69 Å². The van der Waals surface area contributed by atoms with E-state index in [9.17, 15) is 0 Å². The van der Waals surface area contributed by atoms with Crippen molar-refractivity contribution >= 4 is 5.82 Å². The van der Waals surface area contributed by atoms with Crippen LogP contribution in [0.4, 0.5) is 5.82 Å². The Morgan fingerprint density at radius 1 is 1.16 bits per heavy atom. The van der Waals surface area contributed by atoms with Crippen molar-refractivity contribution in [1.82, 2.24) is 9.78 Å². The molecule has 2 aliphatic rings. The average Bonchev–Trinajstić information content (AvgIpc) is 2.96. The molecule has 0 unspecified atom stereocenters. The van der Waals surface area contributed by atoms with E-state index in [4.69, 9.17) is 0 Å². The Balaban J connectivity index is 1.68. The number of fused-ring (bicyclic) bond motifs is 1. The van der Waals surface area contributed by atoms with Crippen molar-refractivity contribution in [2.24, 2.45) is 7.05 Å². The van der Waals surface area contributed by atoms with Crippen LogP contribution >= 0.6 is 0 Å². The molecule has 1 aromatic heterocycles. The lowest BCUT2D eigenvalue weighted by Crippen LogP contribution is -2.02. The van der Waals surface area contributed by atoms with E-state index in [0.717, 1.165) is 5.82 Å². The highest BCUT2D eigenvalue weighted by Gasteiger charge is 2.22. The smallest absolute Gasteiger partial charge is 0.148 e. The molecule has 1 heterocycles. The second-order valence-corrected chi connectivity index (χ2v) is 5.79. The normalized spacial score (nSPS) is 17.5. The largest absolute Gasteiger partial charge is 0.366 e. The number of aromatic nitrogens is 2. The van der Waals surface area contributed by atoms with Gasteiger partial charge in [0.2, 0.25) is 0 Å². The van der Waals surface area contributed by atoms with Crippen LogP contribution in [0.15, 0.2) is 24.3 Å². The van der Waals surface area contributed by atoms with Crippen molar-refractivity contribution < 1.29 is 0 Å². The fourth-order valence-electron chi connectivity index (χ4n) is 2.98. The van der Waals surface area contributed by atoms with Gasteiger partial charge in [0.1, 0.15) is 5.82 Å². The lowest BCUT2D eigenvalue weighted by Gasteiger charge is -2.05. The molecule has 0 saturated heterocycles. The molecule has 98 valence electrons. The summed E-state index contributed by atoms with van der Waals surface area (Å²) >= 11 is 0. The minimum atomic E-state index is 0.655. The van der Waals surface area contributed by atoms with Crippen LogP contribution in [0, 0.1) is 0 Å². The van der Waals surface area contributed by atoms with E-state index < -0.39 is 0 Å². The van der Waals surface area contributed by atoms with Crippen molar-refractivity contribution in [1.29, 1.82) is 0 Å². The summed E-state index contributed by atoms with van der Waals surface area (Å²) in [4.78, 5) is 0. The lowest BCUT2D eigenvalue weighted by molar-refractivity contribution is 0.776. The SMILES string of the molecule is Cn1nc(NC2CC2)cc1-c1ccc2c(c1)CCC2. The summed E-state index contributed by atoms with van der Waals surface area (Å²) in [6, 6.07) is 9.71. The quantitative estimate of drug-likeness (QED) is 0.910. The number of aryl methyl sites for hydroxylation is 3. The second kappa shape index (κ2) is 4.12. The molecule has 19 heavy (non-hydrogen) atoms. The summed E-state index contributed by atoms with van der Waals surface area (Å²) in [5, 5.41) is 8.03. The van der Waals surface area contributed by atoms with Crippen LogP contribution in [-0.4, -0.2) is 15.8 Å². The highest BCUT2D eigenvalue weighted by Crippen LogP contribution is 2.30. The van der Waals surface area contributed by atoms with Gasteiger partial charge in [-0.3, -0.25) is 4.68 Å². The Bertz CT molecular complexity index is 623. The maximum atomic E-state index is 4.57. The molecule has 0 spiro atoms. The molecule has 3 nitrogen and oxygen atoms in total. The first-order chi connectivity index (χ1) is 9.29. The summed E-state index contributed by atoms with van der Waals surface area (Å²) in [5.74, 6) is 1.01. The monoisotopic (exact) mass is 253 g/mol. The first kappa shape index (κ1) is 11.1. The van der Waals surface area contributed by atoms with Gasteiger partial charge in [-0.1, -0.05) is 12.1 Å². The molecule has 0 radical (unpaired) electrons. The van der Waals surface area contributed by atoms with Gasteiger partial charge >= 0.3 is 0 Å². The van der Waals surface area contributed by atoms with Crippen molar-refractivity contribution in [3.8, 4) is 11.3 Å². The maximum absolute atomic E-state index is 4.57. The van der Waals surface area contributed by atoms with Crippen LogP contribution in [0.25, 0.3) is 11.3 Å². The van der Waals surface area contributed by atoms with E-state index in [-0.39, 0.29) is 0 Å². The summed E-state index contributed by atoms with van der Waals surface area (Å²) < 4.78 is 1.99. The maximum Gasteiger partial charge on any atom is 0.148 e. The Morgan fingerprint density at radius 2 is 2.00 bits per heavy atom. The van der Waals surface area contributed by atoms with Gasteiger partial charge in [0.15, 0.2) is 0 Å². The zero-order valence-corrected chi connectivity index (χ0v) is 11.3. The van der Waals surface area contributed by atoms with Gasteiger partial charge in [0, 0.05) is 24.7 Å². The fourth-order valence-corrected chi connectivity index (χ4v) is 2.98. The zero-order chi connectivity index (χ0) is 12.8. The minimum absolute atomic E-state index is 0.655. The third-order valence-corrected chi connectivity index (χ3v) is 4.20. The molecule has 1 N–H and O–H groups in total. The minimum Gasteiger partial charge on any atom is -0.366 e. The topological polar surface area (TPSA) is 29.9 Å². The number of nitrogens with zero attached hydrogens (tertiary/aromatic N) is 2. The number of hydrogen-bond donors (Lipinski definition) is 1. The number of nitrogens with one attached hydrogen (secondary N) is 1. The van der Waals surface area contributed by atoms with E-state index in [1.54, 1.807) is 0 Å². The summed E-state index contributed by atoms with van der Waals surface area (Å²) in [7, 11) is 2.03. The van der Waals surface area contributed by atoms with Crippen LogP contribution in [0.2, 0.25) is 0 Å². The van der Waals surface area contributed by atoms with Gasteiger partial charge in [-0.2, -0.15) is 5.10 Å². The number of anilines is 1. The molecular formula is C16H19N3. The predicted octanol–water partition coefficient (Wildman–Crippen LogP) is 3.15. The standard InChI is InChI=1S/C16H19N3/c1-19-15(10-16(18-19)17-14-7-8-14)13-6-5-11-3-2-4-12(11)9-13/h5-6,9-10,14H,2-4,7-8H2,1H3,(H,17,18). The molecule has 2 aromatic rings. The van der Waals surface area contributed by atoms with E-state index >= 15 is 0 Å². The van der Waals surface area contributed by atoms with Crippen molar-refractivity contribution in [3.05, 3.63) is 35.4 Å². The summed E-state index contributed by atoms with van der Waals surface area (Å²) in [6.07, 6.45) is 6.35. The molecular weight excluding hydrogens is 234 g/mol. The Hall–Kier alpha value is -1.77. The molecule has 1 aromatic carbocycles. The van der Waals surface area contributed by atoms with Crippen molar-refractivity contribution in [3.63, 3.8) is 0 Å². The highest BCUT2D eigenvalue weighted by molar-refractivity contribution is 5.65. The van der Waals surface area contributed by atoms with Crippen LogP contribution in [-0.2, 0) is 19.9 Å². The molecule has 0 amide bonds. The fraction of sp³-hybridized carbons (Fsp3) is 0.438. The Kier molecular flexibility index (Phi) is 2.40. The van der Waals surface area contributed by atoms with Gasteiger partial charge in [-0.25, -0.2) is 0 Å². The number of rotatable bonds is 3. The van der Waals surface area contributed by atoms with E-state index in [2.05, 4.69) is 34.7 Å². The third kappa shape index (κ3) is 2.03. The van der Waals surface area contributed by atoms with Crippen LogP contribution in [0.5, 0.6) is 0 Å². The Morgan fingerprint density at radius 3 is 2.84 bits per heavy atom. The van der Waals surface area contributed by atoms with Crippen LogP contribution in [0.1, 0.15) is 30.4 Å². The van der Waals surface area contributed by atoms with Crippen molar-refractivity contribution in [2.45, 2.75) is 38.1 Å². The van der Waals surface area contributed by atoms with Gasteiger partial charge in [-0.05, 0) is 49.3 Å². The predicted molar refractivity (Wildman–Crippen MR) is 77.3 cm³/mol. The first-order valence-electron chi connectivity index (χ1n) is 7.22. The summed E-state index contributed by atoms with van der Waals surface area (Å²) in [5.41, 5.74) is 5.55. The number of benzene rings is 1. The summed E-state index contributed by atoms with van der Waals surface area (Å²) in [6.45, 7) is 0. The molecule has 1 saturated carbocycles. The second-order valence-electron chi connectivity index (χ2n) is 5.79. The van der Waals surface area contributed by atoms with Crippen LogP contribution in [0.3, 0.4) is 0 Å². The molecule has 0 bridgehead atoms. The zero-order valence-electron chi connectivity index (χ0n) is 11.3. The molecule has 3 heteroatoms. The average molecular weight is 253 g/mol. The molecule has 0 aliphatic heterocycles. The van der Waals surface area contributed by atoms with Crippen LogP contribution < -0.4 is 5.32 Å². The van der Waals surface area contributed by atoms with Gasteiger partial charge in [-0.15, -0.1) is 0 Å². The highest BCUT2D eigenvalue weighted by atomic mass is 15.3. The first-order valence-corrected chi connectivity index (χ1v) is 7.22. The molecule has 0 atom stereocenters. The van der Waals surface area contributed by atoms with E-state index in [0.29, 0.717) is 6.04 Å². The third-order valence-electron chi connectivity index (χ3n) is 4.20. The lowest BCUT2D eigenvalue weighted by atomic mass is 10.0. The number of hydrogen-bond acceptors (Lipinski definition) is 2. The van der Waals surface area contributed by atoms with Gasteiger partial charge in [0.25, 0.3) is 0 Å². The molecule has 4 rings (SSSR count). The van der Waals surface area contributed by atoms with E-state index in [1.807, 2.05) is 11.7 Å². The van der Waals surface area contributed by atoms with Crippen molar-refractivity contribution in [2.75, 3.05) is 5.32 Å². The Labute approximate surface area is 113 Å².